The van der Waals surface area contributed by atoms with Crippen molar-refractivity contribution in [2.75, 3.05) is 13.7 Å². The zero-order valence-corrected chi connectivity index (χ0v) is 12.3. The normalized spacial score (nSPS) is 16.9. The molecule has 2 amide bonds. The quantitative estimate of drug-likeness (QED) is 0.396. The first-order valence-electron chi connectivity index (χ1n) is 6.20. The number of nitrogens with one attached hydrogen (secondary N) is 1. The van der Waals surface area contributed by atoms with Crippen molar-refractivity contribution >= 4 is 35.2 Å². The molecule has 2 rings (SSSR count). The van der Waals surface area contributed by atoms with E-state index in [0.717, 1.165) is 5.56 Å². The first kappa shape index (κ1) is 14.9. The summed E-state index contributed by atoms with van der Waals surface area (Å²) in [5.41, 5.74) is 0.760. The molecule has 1 fully saturated rings. The van der Waals surface area contributed by atoms with Crippen LogP contribution in [0.5, 0.6) is 5.75 Å². The fourth-order valence-electron chi connectivity index (χ4n) is 1.86. The molecule has 5 nitrogen and oxygen atoms in total. The summed E-state index contributed by atoms with van der Waals surface area (Å²) in [6.07, 6.45) is 3.07. The molecule has 0 unspecified atom stereocenters. The number of rotatable bonds is 4. The van der Waals surface area contributed by atoms with E-state index in [1.807, 2.05) is 0 Å². The van der Waals surface area contributed by atoms with Crippen molar-refractivity contribution in [1.29, 1.82) is 0 Å². The predicted octanol–water partition coefficient (Wildman–Crippen LogP) is 1.51. The van der Waals surface area contributed by atoms with Crippen molar-refractivity contribution in [3.05, 3.63) is 48.1 Å². The zero-order valence-electron chi connectivity index (χ0n) is 11.5. The van der Waals surface area contributed by atoms with Gasteiger partial charge in [-0.2, -0.15) is 0 Å². The molecule has 1 aromatic carbocycles. The third-order valence-corrected chi connectivity index (χ3v) is 3.25. The van der Waals surface area contributed by atoms with E-state index in [4.69, 9.17) is 17.0 Å². The fourth-order valence-corrected chi connectivity index (χ4v) is 2.11. The molecule has 1 aromatic rings. The van der Waals surface area contributed by atoms with Crippen LogP contribution >= 0.6 is 12.2 Å². The third-order valence-electron chi connectivity index (χ3n) is 2.92. The highest BCUT2D eigenvalue weighted by atomic mass is 32.1. The van der Waals surface area contributed by atoms with E-state index in [-0.39, 0.29) is 17.2 Å². The fraction of sp³-hybridized carbons (Fsp3) is 0.133. The zero-order chi connectivity index (χ0) is 15.4. The van der Waals surface area contributed by atoms with Gasteiger partial charge in [-0.15, -0.1) is 6.58 Å². The summed E-state index contributed by atoms with van der Waals surface area (Å²) in [6.45, 7) is 3.82. The lowest BCUT2D eigenvalue weighted by molar-refractivity contribution is -0.128. The molecule has 1 N–H and O–H groups in total. The molecule has 108 valence electrons. The highest BCUT2D eigenvalue weighted by Crippen LogP contribution is 2.17. The second-order valence-electron chi connectivity index (χ2n) is 4.29. The van der Waals surface area contributed by atoms with Crippen molar-refractivity contribution in [2.24, 2.45) is 0 Å². The van der Waals surface area contributed by atoms with Crippen LogP contribution in [0, 0.1) is 0 Å². The summed E-state index contributed by atoms with van der Waals surface area (Å²) >= 11 is 4.98. The van der Waals surface area contributed by atoms with Crippen molar-refractivity contribution in [1.82, 2.24) is 10.2 Å². The number of thiocarbonyl (C=S) groups is 1. The molecule has 21 heavy (non-hydrogen) atoms. The molecule has 0 saturated carbocycles. The number of hydrogen-bond acceptors (Lipinski definition) is 4. The standard InChI is InChI=1S/C15H14N2O3S/c1-3-8-17-14(19)12(13(18)16-15(17)21)9-10-4-6-11(20-2)7-5-10/h3-7,9H,1,8H2,2H3,(H,16,18,21). The Labute approximate surface area is 127 Å². The van der Waals surface area contributed by atoms with Gasteiger partial charge >= 0.3 is 0 Å². The van der Waals surface area contributed by atoms with Gasteiger partial charge in [0.15, 0.2) is 5.11 Å². The van der Waals surface area contributed by atoms with Crippen LogP contribution in [0.1, 0.15) is 5.56 Å². The van der Waals surface area contributed by atoms with Crippen LogP contribution in [0.3, 0.4) is 0 Å². The van der Waals surface area contributed by atoms with E-state index in [9.17, 15) is 9.59 Å². The van der Waals surface area contributed by atoms with Crippen molar-refractivity contribution in [3.63, 3.8) is 0 Å². The number of carbonyl (C=O) groups excluding carboxylic acids is 2. The highest BCUT2D eigenvalue weighted by Gasteiger charge is 2.32. The van der Waals surface area contributed by atoms with E-state index in [1.165, 1.54) is 11.0 Å². The van der Waals surface area contributed by atoms with Crippen LogP contribution in [0.2, 0.25) is 0 Å². The molecule has 1 saturated heterocycles. The summed E-state index contributed by atoms with van der Waals surface area (Å²) in [5, 5.41) is 2.59. The van der Waals surface area contributed by atoms with E-state index in [0.29, 0.717) is 5.75 Å². The molecule has 0 aliphatic carbocycles. The van der Waals surface area contributed by atoms with Crippen molar-refractivity contribution < 1.29 is 14.3 Å². The van der Waals surface area contributed by atoms with E-state index in [2.05, 4.69) is 11.9 Å². The number of carbonyl (C=O) groups is 2. The van der Waals surface area contributed by atoms with Crippen LogP contribution in [-0.2, 0) is 9.59 Å². The van der Waals surface area contributed by atoms with Gasteiger partial charge in [0, 0.05) is 6.54 Å². The van der Waals surface area contributed by atoms with Gasteiger partial charge in [-0.1, -0.05) is 18.2 Å². The molecular formula is C15H14N2O3S. The Morgan fingerprint density at radius 2 is 2.00 bits per heavy atom. The van der Waals surface area contributed by atoms with Gasteiger partial charge in [0.1, 0.15) is 11.3 Å². The second kappa shape index (κ2) is 6.32. The molecule has 1 aliphatic rings. The average Bonchev–Trinajstić information content (AvgIpc) is 2.48. The number of nitrogens with zero attached hydrogens (tertiary/aromatic N) is 1. The first-order chi connectivity index (χ1) is 10.1. The van der Waals surface area contributed by atoms with Gasteiger partial charge in [-0.3, -0.25) is 19.8 Å². The first-order valence-corrected chi connectivity index (χ1v) is 6.61. The molecule has 0 spiro atoms. The average molecular weight is 302 g/mol. The van der Waals surface area contributed by atoms with Gasteiger partial charge < -0.3 is 4.74 Å². The van der Waals surface area contributed by atoms with Gasteiger partial charge in [0.2, 0.25) is 0 Å². The van der Waals surface area contributed by atoms with Crippen molar-refractivity contribution in [3.8, 4) is 5.75 Å². The van der Waals surface area contributed by atoms with Gasteiger partial charge in [-0.25, -0.2) is 0 Å². The van der Waals surface area contributed by atoms with Gasteiger partial charge in [-0.05, 0) is 36.0 Å². The van der Waals surface area contributed by atoms with Crippen LogP contribution in [-0.4, -0.2) is 35.5 Å². The Bertz CT molecular complexity index is 635. The molecule has 1 aliphatic heterocycles. The number of benzene rings is 1. The third kappa shape index (κ3) is 3.17. The predicted molar refractivity (Wildman–Crippen MR) is 83.6 cm³/mol. The maximum absolute atomic E-state index is 12.3. The van der Waals surface area contributed by atoms with E-state index in [1.54, 1.807) is 37.5 Å². The lowest BCUT2D eigenvalue weighted by Gasteiger charge is -2.27. The maximum Gasteiger partial charge on any atom is 0.265 e. The summed E-state index contributed by atoms with van der Waals surface area (Å²) in [6, 6.07) is 7.03. The Morgan fingerprint density at radius 1 is 1.33 bits per heavy atom. The summed E-state index contributed by atoms with van der Waals surface area (Å²) in [4.78, 5) is 25.5. The molecule has 0 bridgehead atoms. The summed E-state index contributed by atoms with van der Waals surface area (Å²) < 4.78 is 5.06. The lowest BCUT2D eigenvalue weighted by Crippen LogP contribution is -2.53. The Kier molecular flexibility index (Phi) is 4.49. The molecule has 1 heterocycles. The minimum atomic E-state index is -0.499. The molecule has 0 radical (unpaired) electrons. The SMILES string of the molecule is C=CCN1C(=O)C(=Cc2ccc(OC)cc2)C(=O)NC1=S. The molecular weight excluding hydrogens is 288 g/mol. The second-order valence-corrected chi connectivity index (χ2v) is 4.68. The number of hydrogen-bond donors (Lipinski definition) is 1. The minimum absolute atomic E-state index is 0.0376. The number of amides is 2. The largest absolute Gasteiger partial charge is 0.497 e. The summed E-state index contributed by atoms with van der Waals surface area (Å²) in [7, 11) is 1.57. The Morgan fingerprint density at radius 3 is 2.57 bits per heavy atom. The van der Waals surface area contributed by atoms with E-state index < -0.39 is 11.8 Å². The Balaban J connectivity index is 2.32. The summed E-state index contributed by atoms with van der Waals surface area (Å²) in [5.74, 6) is -0.230. The lowest BCUT2D eigenvalue weighted by atomic mass is 10.1. The molecule has 6 heteroatoms. The van der Waals surface area contributed by atoms with Crippen molar-refractivity contribution in [2.45, 2.75) is 0 Å². The van der Waals surface area contributed by atoms with Gasteiger partial charge in [0.05, 0.1) is 7.11 Å². The van der Waals surface area contributed by atoms with Crippen LogP contribution in [0.25, 0.3) is 6.08 Å². The Hall–Kier alpha value is -2.47. The van der Waals surface area contributed by atoms with E-state index >= 15 is 0 Å². The minimum Gasteiger partial charge on any atom is -0.497 e. The van der Waals surface area contributed by atoms with Gasteiger partial charge in [0.25, 0.3) is 11.8 Å². The molecule has 0 aromatic heterocycles. The maximum atomic E-state index is 12.3. The smallest absolute Gasteiger partial charge is 0.265 e. The van der Waals surface area contributed by atoms with Crippen LogP contribution < -0.4 is 10.1 Å². The number of methoxy groups -OCH3 is 1. The van der Waals surface area contributed by atoms with Crippen LogP contribution in [0.15, 0.2) is 42.5 Å². The monoisotopic (exact) mass is 302 g/mol. The van der Waals surface area contributed by atoms with Crippen LogP contribution in [0.4, 0.5) is 0 Å². The number of ether oxygens (including phenoxy) is 1. The highest BCUT2D eigenvalue weighted by molar-refractivity contribution is 7.80. The molecule has 0 atom stereocenters. The topological polar surface area (TPSA) is 58.6 Å².